The van der Waals surface area contributed by atoms with E-state index in [2.05, 4.69) is 10.3 Å². The van der Waals surface area contributed by atoms with Gasteiger partial charge in [-0.05, 0) is 19.3 Å². The molecule has 7 nitrogen and oxygen atoms in total. The van der Waals surface area contributed by atoms with Crippen LogP contribution in [0.1, 0.15) is 34.1 Å². The quantitative estimate of drug-likeness (QED) is 0.602. The summed E-state index contributed by atoms with van der Waals surface area (Å²) in [4.78, 5) is 26.0. The fourth-order valence-electron chi connectivity index (χ4n) is 1.80. The Morgan fingerprint density at radius 3 is 2.50 bits per heavy atom. The number of rotatable bonds is 6. The van der Waals surface area contributed by atoms with Crippen LogP contribution in [0.3, 0.4) is 0 Å². The topological polar surface area (TPSA) is 113 Å². The van der Waals surface area contributed by atoms with Gasteiger partial charge in [0.15, 0.2) is 0 Å². The summed E-state index contributed by atoms with van der Waals surface area (Å²) in [5.41, 5.74) is 4.32. The number of hydrogen-bond acceptors (Lipinski definition) is 5. The maximum Gasteiger partial charge on any atom is 0.330 e. The van der Waals surface area contributed by atoms with E-state index in [1.807, 2.05) is 20.8 Å². The van der Waals surface area contributed by atoms with Gasteiger partial charge in [-0.1, -0.05) is 20.8 Å². The molecule has 1 unspecified atom stereocenters. The van der Waals surface area contributed by atoms with E-state index in [1.165, 1.54) is 4.57 Å². The maximum absolute atomic E-state index is 11.9. The number of aromatic amines is 1. The van der Waals surface area contributed by atoms with Crippen molar-refractivity contribution in [1.82, 2.24) is 9.55 Å². The molecule has 0 fully saturated rings. The highest BCUT2D eigenvalue weighted by Gasteiger charge is 2.24. The number of hydrogen-bond donors (Lipinski definition) is 4. The van der Waals surface area contributed by atoms with Gasteiger partial charge in [-0.2, -0.15) is 0 Å². The van der Waals surface area contributed by atoms with Crippen LogP contribution in [-0.4, -0.2) is 26.8 Å². The molecule has 0 spiro atoms. The standard InChI is InChI=1S/C13H24N4O3/c1-5-13(4,7-18)16-9-10(14)17(6-8(2)3)12(20)15-11(9)19/h8,16,18H,5-7,14H2,1-4H3,(H,15,19,20). The zero-order chi connectivity index (χ0) is 15.5. The summed E-state index contributed by atoms with van der Waals surface area (Å²) in [5.74, 6) is 0.310. The maximum atomic E-state index is 11.9. The molecule has 5 N–H and O–H groups in total. The first-order valence-corrected chi connectivity index (χ1v) is 6.75. The molecule has 20 heavy (non-hydrogen) atoms. The number of nitrogens with two attached hydrogens (primary N) is 1. The third kappa shape index (κ3) is 3.41. The van der Waals surface area contributed by atoms with E-state index in [0.717, 1.165) is 0 Å². The molecule has 0 aromatic carbocycles. The Balaban J connectivity index is 3.34. The molecule has 1 aromatic heterocycles. The smallest absolute Gasteiger partial charge is 0.330 e. The van der Waals surface area contributed by atoms with Crippen LogP contribution in [0, 0.1) is 5.92 Å². The molecule has 1 aromatic rings. The average molecular weight is 284 g/mol. The lowest BCUT2D eigenvalue weighted by atomic mass is 10.00. The number of nitrogen functional groups attached to an aromatic ring is 1. The minimum atomic E-state index is -0.665. The molecule has 0 amide bonds. The molecule has 1 rings (SSSR count). The summed E-state index contributed by atoms with van der Waals surface area (Å²) in [6.45, 7) is 7.84. The number of nitrogens with zero attached hydrogens (tertiary/aromatic N) is 1. The summed E-state index contributed by atoms with van der Waals surface area (Å²) < 4.78 is 1.34. The summed E-state index contributed by atoms with van der Waals surface area (Å²) in [5, 5.41) is 12.4. The zero-order valence-corrected chi connectivity index (χ0v) is 12.5. The van der Waals surface area contributed by atoms with Crippen LogP contribution in [0.2, 0.25) is 0 Å². The van der Waals surface area contributed by atoms with Crippen molar-refractivity contribution in [2.24, 2.45) is 5.92 Å². The first kappa shape index (κ1) is 16.3. The molecule has 0 aliphatic carbocycles. The van der Waals surface area contributed by atoms with E-state index in [1.54, 1.807) is 6.92 Å². The van der Waals surface area contributed by atoms with Gasteiger partial charge in [-0.15, -0.1) is 0 Å². The Labute approximate surface area is 117 Å². The van der Waals surface area contributed by atoms with Crippen molar-refractivity contribution in [3.05, 3.63) is 20.8 Å². The monoisotopic (exact) mass is 284 g/mol. The summed E-state index contributed by atoms with van der Waals surface area (Å²) in [7, 11) is 0. The van der Waals surface area contributed by atoms with Crippen molar-refractivity contribution < 1.29 is 5.11 Å². The number of H-pyrrole nitrogens is 1. The van der Waals surface area contributed by atoms with Gasteiger partial charge in [0.1, 0.15) is 11.5 Å². The molecule has 1 heterocycles. The van der Waals surface area contributed by atoms with Crippen LogP contribution in [0.25, 0.3) is 0 Å². The van der Waals surface area contributed by atoms with Crippen LogP contribution in [0.15, 0.2) is 9.59 Å². The van der Waals surface area contributed by atoms with Crippen molar-refractivity contribution in [1.29, 1.82) is 0 Å². The fraction of sp³-hybridized carbons (Fsp3) is 0.692. The van der Waals surface area contributed by atoms with Gasteiger partial charge in [0, 0.05) is 6.54 Å². The number of aliphatic hydroxyl groups excluding tert-OH is 1. The third-order valence-electron chi connectivity index (χ3n) is 3.34. The Hall–Kier alpha value is -1.76. The van der Waals surface area contributed by atoms with Crippen LogP contribution < -0.4 is 22.3 Å². The highest BCUT2D eigenvalue weighted by molar-refractivity contribution is 5.61. The van der Waals surface area contributed by atoms with E-state index in [9.17, 15) is 14.7 Å². The first-order valence-electron chi connectivity index (χ1n) is 6.75. The second-order valence-electron chi connectivity index (χ2n) is 5.72. The molecular formula is C13H24N4O3. The molecule has 7 heteroatoms. The lowest BCUT2D eigenvalue weighted by Crippen LogP contribution is -2.43. The minimum Gasteiger partial charge on any atom is -0.394 e. The van der Waals surface area contributed by atoms with Crippen molar-refractivity contribution in [2.45, 2.75) is 46.2 Å². The molecule has 114 valence electrons. The Morgan fingerprint density at radius 1 is 1.45 bits per heavy atom. The molecule has 0 aliphatic rings. The van der Waals surface area contributed by atoms with Gasteiger partial charge in [0.25, 0.3) is 5.56 Å². The molecule has 0 aliphatic heterocycles. The largest absolute Gasteiger partial charge is 0.394 e. The summed E-state index contributed by atoms with van der Waals surface area (Å²) in [6.07, 6.45) is 0.603. The summed E-state index contributed by atoms with van der Waals surface area (Å²) in [6, 6.07) is 0. The van der Waals surface area contributed by atoms with Gasteiger partial charge in [-0.25, -0.2) is 4.79 Å². The van der Waals surface area contributed by atoms with Crippen LogP contribution in [0.4, 0.5) is 11.5 Å². The Morgan fingerprint density at radius 2 is 2.05 bits per heavy atom. The van der Waals surface area contributed by atoms with Crippen molar-refractivity contribution in [3.63, 3.8) is 0 Å². The number of aliphatic hydroxyl groups is 1. The van der Waals surface area contributed by atoms with E-state index < -0.39 is 16.8 Å². The molecule has 1 atom stereocenters. The Kier molecular flexibility index (Phi) is 4.99. The van der Waals surface area contributed by atoms with Crippen LogP contribution in [0.5, 0.6) is 0 Å². The van der Waals surface area contributed by atoms with Gasteiger partial charge in [0.2, 0.25) is 0 Å². The van der Waals surface area contributed by atoms with Crippen LogP contribution in [-0.2, 0) is 6.54 Å². The number of aromatic nitrogens is 2. The SMILES string of the molecule is CCC(C)(CO)Nc1c(N)n(CC(C)C)c(=O)[nH]c1=O. The van der Waals surface area contributed by atoms with E-state index in [-0.39, 0.29) is 24.0 Å². The highest BCUT2D eigenvalue weighted by Crippen LogP contribution is 2.19. The number of anilines is 2. The average Bonchev–Trinajstić information content (AvgIpc) is 2.39. The van der Waals surface area contributed by atoms with Gasteiger partial charge in [-0.3, -0.25) is 14.3 Å². The summed E-state index contributed by atoms with van der Waals surface area (Å²) >= 11 is 0. The third-order valence-corrected chi connectivity index (χ3v) is 3.34. The van der Waals surface area contributed by atoms with Gasteiger partial charge < -0.3 is 16.2 Å². The molecule has 0 saturated heterocycles. The van der Waals surface area contributed by atoms with Crippen LogP contribution >= 0.6 is 0 Å². The van der Waals surface area contributed by atoms with E-state index in [0.29, 0.717) is 13.0 Å². The van der Waals surface area contributed by atoms with Gasteiger partial charge >= 0.3 is 5.69 Å². The highest BCUT2D eigenvalue weighted by atomic mass is 16.3. The fourth-order valence-corrected chi connectivity index (χ4v) is 1.80. The predicted molar refractivity (Wildman–Crippen MR) is 80.0 cm³/mol. The first-order chi connectivity index (χ1) is 9.24. The normalized spacial score (nSPS) is 14.3. The van der Waals surface area contributed by atoms with Crippen molar-refractivity contribution in [2.75, 3.05) is 17.7 Å². The Bertz CT molecular complexity index is 570. The molecule has 0 bridgehead atoms. The van der Waals surface area contributed by atoms with Crippen molar-refractivity contribution in [3.8, 4) is 0 Å². The second-order valence-corrected chi connectivity index (χ2v) is 5.72. The zero-order valence-electron chi connectivity index (χ0n) is 12.5. The van der Waals surface area contributed by atoms with E-state index >= 15 is 0 Å². The predicted octanol–water partition coefficient (Wildman–Crippen LogP) is 0.348. The van der Waals surface area contributed by atoms with E-state index in [4.69, 9.17) is 5.73 Å². The lowest BCUT2D eigenvalue weighted by molar-refractivity contribution is 0.219. The molecule has 0 radical (unpaired) electrons. The second kappa shape index (κ2) is 6.13. The lowest BCUT2D eigenvalue weighted by Gasteiger charge is -2.29. The molecule has 0 saturated carbocycles. The molecular weight excluding hydrogens is 260 g/mol. The number of nitrogens with one attached hydrogen (secondary N) is 2. The van der Waals surface area contributed by atoms with Gasteiger partial charge in [0.05, 0.1) is 12.1 Å². The minimum absolute atomic E-state index is 0.0978. The van der Waals surface area contributed by atoms with Crippen molar-refractivity contribution >= 4 is 11.5 Å².